The second kappa shape index (κ2) is 7.74. The van der Waals surface area contributed by atoms with Gasteiger partial charge in [-0.05, 0) is 42.8 Å². The van der Waals surface area contributed by atoms with Crippen molar-refractivity contribution in [1.82, 2.24) is 4.90 Å². The molecule has 2 aromatic rings. The van der Waals surface area contributed by atoms with Gasteiger partial charge < -0.3 is 14.4 Å². The van der Waals surface area contributed by atoms with Crippen LogP contribution in [0.3, 0.4) is 0 Å². The molecule has 1 aliphatic rings. The van der Waals surface area contributed by atoms with E-state index in [1.54, 1.807) is 37.7 Å². The average Bonchev–Trinajstić information content (AvgIpc) is 3.31. The third kappa shape index (κ3) is 3.42. The van der Waals surface area contributed by atoms with Gasteiger partial charge in [0.25, 0.3) is 5.91 Å². The standard InChI is InChI=1S/C20H23NO3S/c1-4-7-14-12-15(13-17(23-2)19(14)24-3)20(22)21-10-5-8-16(21)18-9-6-11-25-18/h4,6,9,11-13,16H,1,5,7-8,10H2,2-3H3. The Hall–Kier alpha value is -2.27. The number of rotatable bonds is 6. The highest BCUT2D eigenvalue weighted by molar-refractivity contribution is 7.10. The molecule has 1 aromatic heterocycles. The molecule has 1 aromatic carbocycles. The Bertz CT molecular complexity index is 755. The van der Waals surface area contributed by atoms with Crippen molar-refractivity contribution in [3.8, 4) is 11.5 Å². The van der Waals surface area contributed by atoms with E-state index >= 15 is 0 Å². The number of carbonyl (C=O) groups excluding carboxylic acids is 1. The van der Waals surface area contributed by atoms with Gasteiger partial charge in [-0.15, -0.1) is 17.9 Å². The number of ether oxygens (including phenoxy) is 2. The summed E-state index contributed by atoms with van der Waals surface area (Å²) in [6.45, 7) is 4.58. The number of allylic oxidation sites excluding steroid dienone is 1. The Balaban J connectivity index is 1.96. The normalized spacial score (nSPS) is 16.7. The Morgan fingerprint density at radius 3 is 2.88 bits per heavy atom. The minimum atomic E-state index is 0.0437. The van der Waals surface area contributed by atoms with Crippen LogP contribution in [0, 0.1) is 0 Å². The van der Waals surface area contributed by atoms with Crippen LogP contribution in [0.4, 0.5) is 0 Å². The van der Waals surface area contributed by atoms with E-state index in [-0.39, 0.29) is 11.9 Å². The topological polar surface area (TPSA) is 38.8 Å². The highest BCUT2D eigenvalue weighted by Gasteiger charge is 2.32. The minimum absolute atomic E-state index is 0.0437. The molecular formula is C20H23NO3S. The van der Waals surface area contributed by atoms with Crippen LogP contribution in [-0.2, 0) is 6.42 Å². The molecule has 1 fully saturated rings. The van der Waals surface area contributed by atoms with Gasteiger partial charge in [-0.3, -0.25) is 4.79 Å². The quantitative estimate of drug-likeness (QED) is 0.716. The largest absolute Gasteiger partial charge is 0.493 e. The van der Waals surface area contributed by atoms with Crippen LogP contribution in [0.25, 0.3) is 0 Å². The van der Waals surface area contributed by atoms with Crippen LogP contribution in [-0.4, -0.2) is 31.6 Å². The maximum atomic E-state index is 13.2. The van der Waals surface area contributed by atoms with E-state index in [1.165, 1.54) is 4.88 Å². The highest BCUT2D eigenvalue weighted by atomic mass is 32.1. The van der Waals surface area contributed by atoms with Crippen molar-refractivity contribution in [3.05, 3.63) is 58.3 Å². The summed E-state index contributed by atoms with van der Waals surface area (Å²) in [7, 11) is 3.20. The molecule has 1 unspecified atom stereocenters. The number of hydrogen-bond acceptors (Lipinski definition) is 4. The Labute approximate surface area is 152 Å². The third-order valence-corrected chi connectivity index (χ3v) is 5.53. The lowest BCUT2D eigenvalue weighted by Crippen LogP contribution is -2.30. The zero-order chi connectivity index (χ0) is 17.8. The number of amides is 1. The van der Waals surface area contributed by atoms with Gasteiger partial charge in [0.2, 0.25) is 0 Å². The summed E-state index contributed by atoms with van der Waals surface area (Å²) in [5.41, 5.74) is 1.55. The molecule has 0 N–H and O–H groups in total. The van der Waals surface area contributed by atoms with Crippen molar-refractivity contribution in [2.45, 2.75) is 25.3 Å². The van der Waals surface area contributed by atoms with Crippen molar-refractivity contribution in [2.24, 2.45) is 0 Å². The smallest absolute Gasteiger partial charge is 0.254 e. The Morgan fingerprint density at radius 2 is 2.24 bits per heavy atom. The third-order valence-electron chi connectivity index (χ3n) is 4.55. The van der Waals surface area contributed by atoms with Gasteiger partial charge in [-0.2, -0.15) is 0 Å². The molecule has 5 heteroatoms. The van der Waals surface area contributed by atoms with Gasteiger partial charge in [0.1, 0.15) is 0 Å². The van der Waals surface area contributed by atoms with Crippen molar-refractivity contribution >= 4 is 17.2 Å². The van der Waals surface area contributed by atoms with E-state index in [0.29, 0.717) is 23.5 Å². The van der Waals surface area contributed by atoms with Gasteiger partial charge in [-0.25, -0.2) is 0 Å². The number of methoxy groups -OCH3 is 2. The number of hydrogen-bond donors (Lipinski definition) is 0. The molecule has 1 aliphatic heterocycles. The first-order chi connectivity index (χ1) is 12.2. The first kappa shape index (κ1) is 17.5. The molecule has 3 rings (SSSR count). The monoisotopic (exact) mass is 357 g/mol. The number of thiophene rings is 1. The summed E-state index contributed by atoms with van der Waals surface area (Å²) in [5, 5.41) is 2.06. The molecule has 132 valence electrons. The van der Waals surface area contributed by atoms with E-state index < -0.39 is 0 Å². The Morgan fingerprint density at radius 1 is 1.40 bits per heavy atom. The van der Waals surface area contributed by atoms with Crippen molar-refractivity contribution in [2.75, 3.05) is 20.8 Å². The number of likely N-dealkylation sites (tertiary alicyclic amines) is 1. The lowest BCUT2D eigenvalue weighted by molar-refractivity contribution is 0.0737. The van der Waals surface area contributed by atoms with Gasteiger partial charge in [0, 0.05) is 22.5 Å². The van der Waals surface area contributed by atoms with Gasteiger partial charge >= 0.3 is 0 Å². The molecular weight excluding hydrogens is 334 g/mol. The fraction of sp³-hybridized carbons (Fsp3) is 0.350. The van der Waals surface area contributed by atoms with E-state index in [4.69, 9.17) is 9.47 Å². The lowest BCUT2D eigenvalue weighted by Gasteiger charge is -2.25. The van der Waals surface area contributed by atoms with Crippen LogP contribution in [0.5, 0.6) is 11.5 Å². The first-order valence-corrected chi connectivity index (χ1v) is 9.27. The molecule has 0 saturated carbocycles. The molecule has 2 heterocycles. The SMILES string of the molecule is C=CCc1cc(C(=O)N2CCCC2c2cccs2)cc(OC)c1OC. The van der Waals surface area contributed by atoms with Crippen LogP contribution in [0.2, 0.25) is 0 Å². The van der Waals surface area contributed by atoms with Gasteiger partial charge in [0.05, 0.1) is 20.3 Å². The summed E-state index contributed by atoms with van der Waals surface area (Å²) in [4.78, 5) is 16.4. The maximum absolute atomic E-state index is 13.2. The zero-order valence-electron chi connectivity index (χ0n) is 14.7. The van der Waals surface area contributed by atoms with Gasteiger partial charge in [0.15, 0.2) is 11.5 Å². The fourth-order valence-electron chi connectivity index (χ4n) is 3.43. The van der Waals surface area contributed by atoms with Crippen molar-refractivity contribution in [1.29, 1.82) is 0 Å². The molecule has 0 bridgehead atoms. The van der Waals surface area contributed by atoms with Crippen LogP contribution in [0.1, 0.15) is 39.7 Å². The fourth-order valence-corrected chi connectivity index (χ4v) is 4.30. The molecule has 0 aliphatic carbocycles. The van der Waals surface area contributed by atoms with E-state index in [0.717, 1.165) is 24.9 Å². The predicted octanol–water partition coefficient (Wildman–Crippen LogP) is 4.47. The van der Waals surface area contributed by atoms with Crippen molar-refractivity contribution in [3.63, 3.8) is 0 Å². The summed E-state index contributed by atoms with van der Waals surface area (Å²) in [6, 6.07) is 7.99. The number of nitrogens with zero attached hydrogens (tertiary/aromatic N) is 1. The van der Waals surface area contributed by atoms with Crippen LogP contribution >= 0.6 is 11.3 Å². The summed E-state index contributed by atoms with van der Waals surface area (Å²) >= 11 is 1.71. The maximum Gasteiger partial charge on any atom is 0.254 e. The first-order valence-electron chi connectivity index (χ1n) is 8.39. The Kier molecular flexibility index (Phi) is 5.43. The molecule has 0 spiro atoms. The minimum Gasteiger partial charge on any atom is -0.493 e. The van der Waals surface area contributed by atoms with E-state index in [1.807, 2.05) is 17.0 Å². The van der Waals surface area contributed by atoms with Crippen LogP contribution < -0.4 is 9.47 Å². The second-order valence-electron chi connectivity index (χ2n) is 6.04. The lowest BCUT2D eigenvalue weighted by atomic mass is 10.0. The number of benzene rings is 1. The summed E-state index contributed by atoms with van der Waals surface area (Å²) < 4.78 is 10.9. The summed E-state index contributed by atoms with van der Waals surface area (Å²) in [6.07, 6.45) is 4.46. The molecule has 25 heavy (non-hydrogen) atoms. The van der Waals surface area contributed by atoms with E-state index in [2.05, 4.69) is 18.0 Å². The average molecular weight is 357 g/mol. The molecule has 4 nitrogen and oxygen atoms in total. The molecule has 1 saturated heterocycles. The van der Waals surface area contributed by atoms with Crippen molar-refractivity contribution < 1.29 is 14.3 Å². The molecule has 1 amide bonds. The predicted molar refractivity (Wildman–Crippen MR) is 101 cm³/mol. The van der Waals surface area contributed by atoms with Gasteiger partial charge in [-0.1, -0.05) is 12.1 Å². The summed E-state index contributed by atoms with van der Waals surface area (Å²) in [5.74, 6) is 1.29. The van der Waals surface area contributed by atoms with E-state index in [9.17, 15) is 4.79 Å². The molecule has 0 radical (unpaired) electrons. The highest BCUT2D eigenvalue weighted by Crippen LogP contribution is 2.38. The molecule has 1 atom stereocenters. The second-order valence-corrected chi connectivity index (χ2v) is 7.01. The zero-order valence-corrected chi connectivity index (χ0v) is 15.5. The number of carbonyl (C=O) groups is 1. The van der Waals surface area contributed by atoms with Crippen LogP contribution in [0.15, 0.2) is 42.3 Å².